The molecule has 3 rings (SSSR count). The number of benzene rings is 1. The highest BCUT2D eigenvalue weighted by atomic mass is 16.4. The third kappa shape index (κ3) is 4.79. The van der Waals surface area contributed by atoms with Gasteiger partial charge in [-0.1, -0.05) is 41.9 Å². The van der Waals surface area contributed by atoms with Gasteiger partial charge in [-0.3, -0.25) is 4.90 Å². The summed E-state index contributed by atoms with van der Waals surface area (Å²) < 4.78 is 5.53. The van der Waals surface area contributed by atoms with Crippen LogP contribution in [0.1, 0.15) is 37.1 Å². The van der Waals surface area contributed by atoms with Crippen LogP contribution < -0.4 is 10.6 Å². The van der Waals surface area contributed by atoms with E-state index in [-0.39, 0.29) is 0 Å². The van der Waals surface area contributed by atoms with E-state index in [2.05, 4.69) is 56.1 Å². The van der Waals surface area contributed by atoms with E-state index in [1.165, 1.54) is 31.4 Å². The second-order valence-electron chi connectivity index (χ2n) is 6.35. The molecule has 2 heterocycles. The minimum atomic E-state index is 0.519. The van der Waals surface area contributed by atoms with Gasteiger partial charge >= 0.3 is 6.01 Å². The zero-order chi connectivity index (χ0) is 16.6. The number of rotatable bonds is 8. The van der Waals surface area contributed by atoms with Crippen molar-refractivity contribution in [2.45, 2.75) is 44.8 Å². The van der Waals surface area contributed by atoms with E-state index >= 15 is 0 Å². The van der Waals surface area contributed by atoms with Gasteiger partial charge in [-0.2, -0.15) is 0 Å². The van der Waals surface area contributed by atoms with Crippen LogP contribution in [0.15, 0.2) is 34.7 Å². The molecular weight excluding hydrogens is 302 g/mol. The van der Waals surface area contributed by atoms with Crippen molar-refractivity contribution in [2.75, 3.05) is 25.5 Å². The number of hydrogen-bond donors (Lipinski definition) is 2. The van der Waals surface area contributed by atoms with Crippen LogP contribution in [-0.2, 0) is 13.1 Å². The number of hydrogen-bond acceptors (Lipinski definition) is 6. The third-order valence-electron chi connectivity index (χ3n) is 4.53. The lowest BCUT2D eigenvalue weighted by Gasteiger charge is -2.35. The first kappa shape index (κ1) is 16.9. The lowest BCUT2D eigenvalue weighted by molar-refractivity contribution is 0.135. The molecule has 0 aliphatic carbocycles. The minimum Gasteiger partial charge on any atom is -0.407 e. The molecule has 0 radical (unpaired) electrons. The van der Waals surface area contributed by atoms with Crippen LogP contribution in [0.5, 0.6) is 0 Å². The van der Waals surface area contributed by atoms with Gasteiger partial charge in [-0.25, -0.2) is 0 Å². The molecule has 130 valence electrons. The Bertz CT molecular complexity index is 600. The predicted octanol–water partition coefficient (Wildman–Crippen LogP) is 2.65. The van der Waals surface area contributed by atoms with E-state index in [0.717, 1.165) is 19.5 Å². The summed E-state index contributed by atoms with van der Waals surface area (Å²) in [6.45, 7) is 3.68. The van der Waals surface area contributed by atoms with Crippen LogP contribution in [0.25, 0.3) is 0 Å². The Labute approximate surface area is 143 Å². The Morgan fingerprint density at radius 1 is 1.21 bits per heavy atom. The van der Waals surface area contributed by atoms with Crippen molar-refractivity contribution in [3.8, 4) is 0 Å². The van der Waals surface area contributed by atoms with Crippen molar-refractivity contribution in [1.29, 1.82) is 0 Å². The predicted molar refractivity (Wildman–Crippen MR) is 94.7 cm³/mol. The van der Waals surface area contributed by atoms with Gasteiger partial charge in [-0.05, 0) is 38.4 Å². The summed E-state index contributed by atoms with van der Waals surface area (Å²) in [6, 6.07) is 11.9. The van der Waals surface area contributed by atoms with Crippen LogP contribution in [0.4, 0.5) is 6.01 Å². The van der Waals surface area contributed by atoms with Crippen LogP contribution in [0.3, 0.4) is 0 Å². The minimum absolute atomic E-state index is 0.519. The molecule has 2 aromatic rings. The Kier molecular flexibility index (Phi) is 6.20. The van der Waals surface area contributed by atoms with Gasteiger partial charge in [0, 0.05) is 19.1 Å². The molecule has 2 N–H and O–H groups in total. The zero-order valence-corrected chi connectivity index (χ0v) is 14.4. The molecule has 24 heavy (non-hydrogen) atoms. The van der Waals surface area contributed by atoms with Crippen LogP contribution in [0, 0.1) is 0 Å². The van der Waals surface area contributed by atoms with Gasteiger partial charge in [0.25, 0.3) is 0 Å². The van der Waals surface area contributed by atoms with E-state index in [4.69, 9.17) is 4.42 Å². The number of nitrogens with one attached hydrogen (secondary N) is 2. The highest BCUT2D eigenvalue weighted by molar-refractivity contribution is 5.17. The first-order chi connectivity index (χ1) is 11.8. The number of anilines is 1. The average molecular weight is 329 g/mol. The van der Waals surface area contributed by atoms with E-state index in [1.807, 2.05) is 7.05 Å². The van der Waals surface area contributed by atoms with Gasteiger partial charge in [0.15, 0.2) is 0 Å². The van der Waals surface area contributed by atoms with E-state index in [9.17, 15) is 0 Å². The molecule has 6 nitrogen and oxygen atoms in total. The third-order valence-corrected chi connectivity index (χ3v) is 4.53. The second kappa shape index (κ2) is 8.80. The highest BCUT2D eigenvalue weighted by Crippen LogP contribution is 2.22. The normalized spacial score (nSPS) is 18.6. The van der Waals surface area contributed by atoms with Gasteiger partial charge in [0.2, 0.25) is 5.89 Å². The lowest BCUT2D eigenvalue weighted by Crippen LogP contribution is -2.39. The largest absolute Gasteiger partial charge is 0.407 e. The number of likely N-dealkylation sites (tertiary alicyclic amines) is 1. The van der Waals surface area contributed by atoms with Gasteiger partial charge in [0.05, 0.1) is 6.54 Å². The molecule has 1 unspecified atom stereocenters. The maximum atomic E-state index is 5.53. The summed E-state index contributed by atoms with van der Waals surface area (Å²) in [6.07, 6.45) is 4.98. The number of aromatic nitrogens is 2. The average Bonchev–Trinajstić information content (AvgIpc) is 3.05. The maximum Gasteiger partial charge on any atom is 0.315 e. The van der Waals surface area contributed by atoms with Crippen molar-refractivity contribution in [1.82, 2.24) is 20.4 Å². The molecule has 1 aliphatic heterocycles. The van der Waals surface area contributed by atoms with Gasteiger partial charge in [0.1, 0.15) is 0 Å². The summed E-state index contributed by atoms with van der Waals surface area (Å²) in [4.78, 5) is 2.61. The SMILES string of the molecule is CNCc1nnc(NCCC2CCCCN2Cc2ccccc2)o1. The quantitative estimate of drug-likeness (QED) is 0.776. The molecule has 1 aromatic heterocycles. The fraction of sp³-hybridized carbons (Fsp3) is 0.556. The molecule has 6 heteroatoms. The van der Waals surface area contributed by atoms with Crippen molar-refractivity contribution >= 4 is 6.01 Å². The fourth-order valence-electron chi connectivity index (χ4n) is 3.31. The highest BCUT2D eigenvalue weighted by Gasteiger charge is 2.22. The first-order valence-corrected chi connectivity index (χ1v) is 8.84. The molecule has 0 spiro atoms. The summed E-state index contributed by atoms with van der Waals surface area (Å²) in [5, 5.41) is 14.3. The molecule has 1 atom stereocenters. The van der Waals surface area contributed by atoms with Crippen molar-refractivity contribution in [2.24, 2.45) is 0 Å². The van der Waals surface area contributed by atoms with Crippen LogP contribution in [-0.4, -0.2) is 41.3 Å². The van der Waals surface area contributed by atoms with E-state index in [0.29, 0.717) is 24.5 Å². The maximum absolute atomic E-state index is 5.53. The Hall–Kier alpha value is -1.92. The summed E-state index contributed by atoms with van der Waals surface area (Å²) in [5.41, 5.74) is 1.39. The molecular formula is C18H27N5O. The van der Waals surface area contributed by atoms with Gasteiger partial charge < -0.3 is 15.1 Å². The Morgan fingerprint density at radius 3 is 2.92 bits per heavy atom. The molecule has 0 bridgehead atoms. The molecule has 1 aliphatic rings. The first-order valence-electron chi connectivity index (χ1n) is 8.84. The zero-order valence-electron chi connectivity index (χ0n) is 14.4. The van der Waals surface area contributed by atoms with E-state index in [1.54, 1.807) is 0 Å². The van der Waals surface area contributed by atoms with Crippen molar-refractivity contribution < 1.29 is 4.42 Å². The summed E-state index contributed by atoms with van der Waals surface area (Å²) in [7, 11) is 1.86. The van der Waals surface area contributed by atoms with E-state index < -0.39 is 0 Å². The molecule has 1 aromatic carbocycles. The van der Waals surface area contributed by atoms with Crippen molar-refractivity contribution in [3.63, 3.8) is 0 Å². The van der Waals surface area contributed by atoms with Crippen LogP contribution >= 0.6 is 0 Å². The Balaban J connectivity index is 1.48. The molecule has 0 saturated carbocycles. The fourth-order valence-corrected chi connectivity index (χ4v) is 3.31. The number of piperidine rings is 1. The Morgan fingerprint density at radius 2 is 2.08 bits per heavy atom. The van der Waals surface area contributed by atoms with Crippen molar-refractivity contribution in [3.05, 3.63) is 41.8 Å². The molecule has 1 saturated heterocycles. The summed E-state index contributed by atoms with van der Waals surface area (Å²) >= 11 is 0. The second-order valence-corrected chi connectivity index (χ2v) is 6.35. The number of nitrogens with zero attached hydrogens (tertiary/aromatic N) is 3. The smallest absolute Gasteiger partial charge is 0.315 e. The molecule has 1 fully saturated rings. The lowest BCUT2D eigenvalue weighted by atomic mass is 9.98. The topological polar surface area (TPSA) is 66.2 Å². The van der Waals surface area contributed by atoms with Crippen LogP contribution in [0.2, 0.25) is 0 Å². The summed E-state index contributed by atoms with van der Waals surface area (Å²) in [5.74, 6) is 0.614. The molecule has 0 amide bonds. The van der Waals surface area contributed by atoms with Gasteiger partial charge in [-0.15, -0.1) is 5.10 Å². The standard InChI is InChI=1S/C18H27N5O/c1-19-13-17-21-22-18(24-17)20-11-10-16-9-5-6-12-23(16)14-15-7-3-2-4-8-15/h2-4,7-8,16,19H,5-6,9-14H2,1H3,(H,20,22). The monoisotopic (exact) mass is 329 g/mol.